The lowest BCUT2D eigenvalue weighted by atomic mass is 10.0. The Morgan fingerprint density at radius 3 is 1.27 bits per heavy atom. The summed E-state index contributed by atoms with van der Waals surface area (Å²) in [5.74, 6) is 0. The van der Waals surface area contributed by atoms with E-state index in [0.717, 1.165) is 19.3 Å². The highest BCUT2D eigenvalue weighted by Gasteiger charge is 2.35. The van der Waals surface area contributed by atoms with Gasteiger partial charge in [-0.1, -0.05) is 96.8 Å². The molecule has 0 fully saturated rings. The van der Waals surface area contributed by atoms with Gasteiger partial charge in [0.1, 0.15) is 6.04 Å². The zero-order chi connectivity index (χ0) is 16.7. The third-order valence-corrected chi connectivity index (χ3v) is 4.29. The topological polar surface area (TPSA) is 26.0 Å². The Balaban J connectivity index is 3.12. The maximum Gasteiger partial charge on any atom is 0.403 e. The molecule has 0 aromatic carbocycles. The molecule has 0 aromatic heterocycles. The predicted molar refractivity (Wildman–Crippen MR) is 89.0 cm³/mol. The molecule has 0 radical (unpaired) electrons. The molecule has 0 saturated heterocycles. The fourth-order valence-electron chi connectivity index (χ4n) is 2.72. The van der Waals surface area contributed by atoms with E-state index >= 15 is 0 Å². The number of halogens is 3. The summed E-state index contributed by atoms with van der Waals surface area (Å²) in [6.07, 6.45) is 12.8. The molecule has 134 valence electrons. The van der Waals surface area contributed by atoms with Crippen molar-refractivity contribution < 1.29 is 13.2 Å². The second-order valence-electron chi connectivity index (χ2n) is 6.53. The van der Waals surface area contributed by atoms with Crippen LogP contribution in [0.4, 0.5) is 13.2 Å². The number of hydrogen-bond acceptors (Lipinski definition) is 1. The van der Waals surface area contributed by atoms with Gasteiger partial charge < -0.3 is 5.73 Å². The highest BCUT2D eigenvalue weighted by atomic mass is 19.4. The molecule has 1 atom stereocenters. The maximum atomic E-state index is 12.2. The van der Waals surface area contributed by atoms with Crippen LogP contribution in [0, 0.1) is 0 Å². The van der Waals surface area contributed by atoms with E-state index in [2.05, 4.69) is 6.92 Å². The molecule has 0 heterocycles. The van der Waals surface area contributed by atoms with Crippen LogP contribution in [-0.4, -0.2) is 12.2 Å². The molecule has 0 aliphatic rings. The summed E-state index contributed by atoms with van der Waals surface area (Å²) in [5.41, 5.74) is 5.07. The van der Waals surface area contributed by atoms with Gasteiger partial charge in [-0.15, -0.1) is 0 Å². The normalized spacial score (nSPS) is 13.5. The van der Waals surface area contributed by atoms with Crippen molar-refractivity contribution in [1.82, 2.24) is 0 Å². The Bertz CT molecular complexity index is 229. The quantitative estimate of drug-likeness (QED) is 0.331. The molecule has 0 aliphatic heterocycles. The molecule has 2 N–H and O–H groups in total. The number of alkyl halides is 3. The van der Waals surface area contributed by atoms with E-state index in [1.807, 2.05) is 0 Å². The van der Waals surface area contributed by atoms with Gasteiger partial charge in [-0.2, -0.15) is 13.2 Å². The molecule has 1 nitrogen and oxygen atoms in total. The van der Waals surface area contributed by atoms with E-state index in [-0.39, 0.29) is 6.42 Å². The van der Waals surface area contributed by atoms with Crippen LogP contribution in [0.2, 0.25) is 0 Å². The van der Waals surface area contributed by atoms with Gasteiger partial charge in [-0.25, -0.2) is 0 Å². The minimum atomic E-state index is -4.23. The van der Waals surface area contributed by atoms with Crippen molar-refractivity contribution in [2.45, 2.75) is 115 Å². The molecule has 0 spiro atoms. The standard InChI is InChI=1S/C18H36F3N/c1-2-3-4-5-6-7-8-9-10-11-12-13-14-15-16-17(22)18(19,20)21/h17H,2-16,22H2,1H3. The third kappa shape index (κ3) is 14.7. The van der Waals surface area contributed by atoms with Gasteiger partial charge in [0.15, 0.2) is 0 Å². The predicted octanol–water partition coefficient (Wildman–Crippen LogP) is 6.75. The van der Waals surface area contributed by atoms with Crippen LogP contribution >= 0.6 is 0 Å². The fraction of sp³-hybridized carbons (Fsp3) is 1.00. The Morgan fingerprint density at radius 2 is 0.955 bits per heavy atom. The highest BCUT2D eigenvalue weighted by Crippen LogP contribution is 2.22. The number of nitrogens with two attached hydrogens (primary N) is 1. The third-order valence-electron chi connectivity index (χ3n) is 4.29. The van der Waals surface area contributed by atoms with Crippen LogP contribution in [-0.2, 0) is 0 Å². The number of unbranched alkanes of at least 4 members (excludes halogenated alkanes) is 13. The van der Waals surface area contributed by atoms with Gasteiger partial charge in [-0.3, -0.25) is 0 Å². The zero-order valence-corrected chi connectivity index (χ0v) is 14.4. The number of rotatable bonds is 15. The molecule has 1 unspecified atom stereocenters. The first-order chi connectivity index (χ1) is 10.5. The Kier molecular flexibility index (Phi) is 14.2. The number of hydrogen-bond donors (Lipinski definition) is 1. The van der Waals surface area contributed by atoms with E-state index in [0.29, 0.717) is 6.42 Å². The summed E-state index contributed by atoms with van der Waals surface area (Å²) in [6, 6.07) is -1.63. The average molecular weight is 323 g/mol. The van der Waals surface area contributed by atoms with E-state index in [4.69, 9.17) is 5.73 Å². The molecule has 0 aliphatic carbocycles. The van der Waals surface area contributed by atoms with Crippen LogP contribution in [0.5, 0.6) is 0 Å². The van der Waals surface area contributed by atoms with Gasteiger partial charge in [0, 0.05) is 0 Å². The van der Waals surface area contributed by atoms with Gasteiger partial charge in [0.2, 0.25) is 0 Å². The van der Waals surface area contributed by atoms with Crippen molar-refractivity contribution in [3.63, 3.8) is 0 Å². The molecule has 0 saturated carbocycles. The van der Waals surface area contributed by atoms with E-state index in [1.165, 1.54) is 64.2 Å². The van der Waals surface area contributed by atoms with Crippen molar-refractivity contribution in [3.05, 3.63) is 0 Å². The van der Waals surface area contributed by atoms with Crippen molar-refractivity contribution in [2.24, 2.45) is 5.73 Å². The lowest BCUT2D eigenvalue weighted by molar-refractivity contribution is -0.149. The molecule has 0 aromatic rings. The monoisotopic (exact) mass is 323 g/mol. The summed E-state index contributed by atoms with van der Waals surface area (Å²) in [5, 5.41) is 0. The van der Waals surface area contributed by atoms with Gasteiger partial charge >= 0.3 is 6.18 Å². The van der Waals surface area contributed by atoms with Crippen LogP contribution in [0.15, 0.2) is 0 Å². The minimum Gasteiger partial charge on any atom is -0.320 e. The molecular formula is C18H36F3N. The van der Waals surface area contributed by atoms with Gasteiger partial charge in [0.05, 0.1) is 0 Å². The smallest absolute Gasteiger partial charge is 0.320 e. The molecule has 0 bridgehead atoms. The van der Waals surface area contributed by atoms with Crippen LogP contribution in [0.25, 0.3) is 0 Å². The maximum absolute atomic E-state index is 12.2. The van der Waals surface area contributed by atoms with Crippen molar-refractivity contribution in [3.8, 4) is 0 Å². The first-order valence-electron chi connectivity index (χ1n) is 9.30. The zero-order valence-electron chi connectivity index (χ0n) is 14.4. The lowest BCUT2D eigenvalue weighted by Gasteiger charge is -2.14. The van der Waals surface area contributed by atoms with E-state index in [9.17, 15) is 13.2 Å². The summed E-state index contributed by atoms with van der Waals surface area (Å²) in [4.78, 5) is 0. The lowest BCUT2D eigenvalue weighted by Crippen LogP contribution is -2.37. The SMILES string of the molecule is CCCCCCCCCCCCCCCCC(N)C(F)(F)F. The van der Waals surface area contributed by atoms with Crippen LogP contribution < -0.4 is 5.73 Å². The summed E-state index contributed by atoms with van der Waals surface area (Å²) < 4.78 is 36.6. The van der Waals surface area contributed by atoms with Gasteiger partial charge in [0.25, 0.3) is 0 Å². The Morgan fingerprint density at radius 1 is 0.636 bits per heavy atom. The molecule has 4 heteroatoms. The highest BCUT2D eigenvalue weighted by molar-refractivity contribution is 4.69. The molecule has 0 amide bonds. The minimum absolute atomic E-state index is 0.0710. The summed E-state index contributed by atoms with van der Waals surface area (Å²) >= 11 is 0. The second kappa shape index (κ2) is 14.3. The second-order valence-corrected chi connectivity index (χ2v) is 6.53. The molecular weight excluding hydrogens is 287 g/mol. The van der Waals surface area contributed by atoms with Crippen LogP contribution in [0.3, 0.4) is 0 Å². The molecule has 22 heavy (non-hydrogen) atoms. The molecule has 0 rings (SSSR count). The fourth-order valence-corrected chi connectivity index (χ4v) is 2.72. The summed E-state index contributed by atoms with van der Waals surface area (Å²) in [6.45, 7) is 2.24. The van der Waals surface area contributed by atoms with Crippen LogP contribution in [0.1, 0.15) is 103 Å². The van der Waals surface area contributed by atoms with Gasteiger partial charge in [-0.05, 0) is 6.42 Å². The Labute approximate surface area is 135 Å². The first kappa shape index (κ1) is 21.8. The van der Waals surface area contributed by atoms with Crippen molar-refractivity contribution >= 4 is 0 Å². The van der Waals surface area contributed by atoms with E-state index < -0.39 is 12.2 Å². The van der Waals surface area contributed by atoms with Crippen molar-refractivity contribution in [1.29, 1.82) is 0 Å². The largest absolute Gasteiger partial charge is 0.403 e. The first-order valence-corrected chi connectivity index (χ1v) is 9.30. The Hall–Kier alpha value is -0.250. The average Bonchev–Trinajstić information content (AvgIpc) is 2.46. The van der Waals surface area contributed by atoms with Crippen molar-refractivity contribution in [2.75, 3.05) is 0 Å². The van der Waals surface area contributed by atoms with E-state index in [1.54, 1.807) is 0 Å². The summed E-state index contributed by atoms with van der Waals surface area (Å²) in [7, 11) is 0.